The predicted octanol–water partition coefficient (Wildman–Crippen LogP) is 1.21. The zero-order chi connectivity index (χ0) is 15.2. The molecule has 0 atom stereocenters. The summed E-state index contributed by atoms with van der Waals surface area (Å²) in [5, 5.41) is 0.878. The number of rotatable bonds is 2. The lowest BCUT2D eigenvalue weighted by Gasteiger charge is -2.31. The number of nitrogens with zero attached hydrogens (tertiary/aromatic N) is 4. The van der Waals surface area contributed by atoms with Gasteiger partial charge in [-0.3, -0.25) is 0 Å². The Morgan fingerprint density at radius 2 is 2.00 bits per heavy atom. The van der Waals surface area contributed by atoms with Crippen molar-refractivity contribution in [1.29, 1.82) is 0 Å². The van der Waals surface area contributed by atoms with Crippen molar-refractivity contribution < 1.29 is 8.42 Å². The smallest absolute Gasteiger partial charge is 0.211 e. The summed E-state index contributed by atoms with van der Waals surface area (Å²) < 4.78 is 27.8. The Kier molecular flexibility index (Phi) is 3.82. The number of aromatic nitrogens is 3. The van der Waals surface area contributed by atoms with Crippen molar-refractivity contribution in [3.8, 4) is 0 Å². The summed E-state index contributed by atoms with van der Waals surface area (Å²) in [6.45, 7) is 1.08. The first kappa shape index (κ1) is 15.0. The van der Waals surface area contributed by atoms with Gasteiger partial charge in [0.1, 0.15) is 17.8 Å². The van der Waals surface area contributed by atoms with Gasteiger partial charge in [-0.2, -0.15) is 0 Å². The maximum atomic E-state index is 11.6. The zero-order valence-corrected chi connectivity index (χ0v) is 14.5. The number of hydrogen-bond donors (Lipinski definition) is 1. The van der Waals surface area contributed by atoms with Crippen LogP contribution >= 0.6 is 22.6 Å². The fourth-order valence-electron chi connectivity index (χ4n) is 2.79. The molecule has 0 saturated carbocycles. The molecule has 7 nitrogen and oxygen atoms in total. The lowest BCUT2D eigenvalue weighted by atomic mass is 10.1. The van der Waals surface area contributed by atoms with Gasteiger partial charge in [0.25, 0.3) is 0 Å². The van der Waals surface area contributed by atoms with E-state index in [9.17, 15) is 8.42 Å². The third-order valence-electron chi connectivity index (χ3n) is 3.88. The second-order valence-electron chi connectivity index (χ2n) is 5.24. The van der Waals surface area contributed by atoms with Gasteiger partial charge in [0, 0.05) is 28.9 Å². The molecule has 0 amide bonds. The van der Waals surface area contributed by atoms with Gasteiger partial charge in [0.05, 0.1) is 11.6 Å². The average molecular weight is 421 g/mol. The lowest BCUT2D eigenvalue weighted by Crippen LogP contribution is -2.38. The van der Waals surface area contributed by atoms with Crippen molar-refractivity contribution in [2.24, 2.45) is 0 Å². The molecule has 2 aromatic heterocycles. The van der Waals surface area contributed by atoms with Crippen molar-refractivity contribution in [3.05, 3.63) is 16.1 Å². The van der Waals surface area contributed by atoms with Crippen molar-refractivity contribution in [2.75, 3.05) is 25.1 Å². The number of anilines is 1. The molecule has 0 radical (unpaired) electrons. The third kappa shape index (κ3) is 2.73. The van der Waals surface area contributed by atoms with Gasteiger partial charge in [0.2, 0.25) is 10.0 Å². The van der Waals surface area contributed by atoms with E-state index in [0.717, 1.165) is 27.4 Å². The highest BCUT2D eigenvalue weighted by molar-refractivity contribution is 14.1. The Morgan fingerprint density at radius 1 is 1.33 bits per heavy atom. The van der Waals surface area contributed by atoms with Crippen LogP contribution in [0.5, 0.6) is 0 Å². The summed E-state index contributed by atoms with van der Waals surface area (Å²) >= 11 is 2.23. The Balaban J connectivity index is 1.92. The van der Waals surface area contributed by atoms with E-state index in [1.807, 2.05) is 6.20 Å². The lowest BCUT2D eigenvalue weighted by molar-refractivity contribution is 0.278. The molecule has 9 heteroatoms. The van der Waals surface area contributed by atoms with Crippen LogP contribution in [0.15, 0.2) is 12.5 Å². The van der Waals surface area contributed by atoms with E-state index in [1.165, 1.54) is 16.9 Å². The number of fused-ring (bicyclic) bond motifs is 1. The maximum Gasteiger partial charge on any atom is 0.211 e. The Bertz CT molecular complexity index is 780. The van der Waals surface area contributed by atoms with Gasteiger partial charge >= 0.3 is 0 Å². The standard InChI is InChI=1S/C12H16IN5O2S/c1-21(19,20)17-4-2-8(3-5-17)18-6-9(13)10-11(14)15-7-16-12(10)18/h6-8H,2-5H2,1H3,(H2,14,15,16). The Hall–Kier alpha value is -0.940. The Labute approximate surface area is 136 Å². The van der Waals surface area contributed by atoms with Crippen LogP contribution in [0.4, 0.5) is 5.82 Å². The van der Waals surface area contributed by atoms with Gasteiger partial charge in [-0.05, 0) is 35.4 Å². The molecule has 0 aromatic carbocycles. The minimum atomic E-state index is -3.10. The van der Waals surface area contributed by atoms with Crippen LogP contribution in [-0.4, -0.2) is 46.6 Å². The summed E-state index contributed by atoms with van der Waals surface area (Å²) in [7, 11) is -3.10. The first-order valence-electron chi connectivity index (χ1n) is 6.59. The van der Waals surface area contributed by atoms with Gasteiger partial charge in [-0.25, -0.2) is 22.7 Å². The molecule has 1 aliphatic rings. The molecule has 114 valence electrons. The molecule has 1 fully saturated rings. The van der Waals surface area contributed by atoms with Crippen LogP contribution in [0, 0.1) is 3.57 Å². The fraction of sp³-hybridized carbons (Fsp3) is 0.500. The van der Waals surface area contributed by atoms with E-state index < -0.39 is 10.0 Å². The van der Waals surface area contributed by atoms with E-state index in [2.05, 4.69) is 37.1 Å². The molecule has 0 aliphatic carbocycles. The van der Waals surface area contributed by atoms with Crippen LogP contribution in [0.2, 0.25) is 0 Å². The van der Waals surface area contributed by atoms with Gasteiger partial charge in [-0.1, -0.05) is 0 Å². The van der Waals surface area contributed by atoms with Crippen LogP contribution in [-0.2, 0) is 10.0 Å². The van der Waals surface area contributed by atoms with Crippen molar-refractivity contribution in [3.63, 3.8) is 0 Å². The molecule has 1 saturated heterocycles. The third-order valence-corrected chi connectivity index (χ3v) is 6.00. The molecule has 3 heterocycles. The molecular weight excluding hydrogens is 405 g/mol. The van der Waals surface area contributed by atoms with Crippen molar-refractivity contribution in [2.45, 2.75) is 18.9 Å². The van der Waals surface area contributed by atoms with Crippen LogP contribution in [0.1, 0.15) is 18.9 Å². The second kappa shape index (κ2) is 5.36. The molecule has 0 bridgehead atoms. The number of halogens is 1. The monoisotopic (exact) mass is 421 g/mol. The Morgan fingerprint density at radius 3 is 2.62 bits per heavy atom. The summed E-state index contributed by atoms with van der Waals surface area (Å²) in [6, 6.07) is 0.239. The normalized spacial score (nSPS) is 18.4. The van der Waals surface area contributed by atoms with Gasteiger partial charge in [0.15, 0.2) is 0 Å². The second-order valence-corrected chi connectivity index (χ2v) is 8.38. The molecule has 3 rings (SSSR count). The van der Waals surface area contributed by atoms with Crippen molar-refractivity contribution >= 4 is 49.5 Å². The van der Waals surface area contributed by atoms with Crippen LogP contribution in [0.25, 0.3) is 11.0 Å². The number of sulfonamides is 1. The van der Waals surface area contributed by atoms with E-state index in [4.69, 9.17) is 5.73 Å². The highest BCUT2D eigenvalue weighted by Crippen LogP contribution is 2.32. The largest absolute Gasteiger partial charge is 0.383 e. The number of nitrogens with two attached hydrogens (primary N) is 1. The molecule has 2 N–H and O–H groups in total. The van der Waals surface area contributed by atoms with E-state index in [-0.39, 0.29) is 6.04 Å². The van der Waals surface area contributed by atoms with Crippen LogP contribution in [0.3, 0.4) is 0 Å². The summed E-state index contributed by atoms with van der Waals surface area (Å²) in [4.78, 5) is 8.37. The molecule has 21 heavy (non-hydrogen) atoms. The zero-order valence-electron chi connectivity index (χ0n) is 11.5. The quantitative estimate of drug-likeness (QED) is 0.736. The molecular formula is C12H16IN5O2S. The molecule has 1 aliphatic heterocycles. The molecule has 0 unspecified atom stereocenters. The topological polar surface area (TPSA) is 94.1 Å². The summed E-state index contributed by atoms with van der Waals surface area (Å²) in [5.74, 6) is 0.483. The number of hydrogen-bond acceptors (Lipinski definition) is 5. The van der Waals surface area contributed by atoms with Gasteiger partial charge < -0.3 is 10.3 Å². The first-order chi connectivity index (χ1) is 9.88. The van der Waals surface area contributed by atoms with E-state index in [0.29, 0.717) is 18.9 Å². The SMILES string of the molecule is CS(=O)(=O)N1CCC(n2cc(I)c3c(N)ncnc32)CC1. The van der Waals surface area contributed by atoms with E-state index >= 15 is 0 Å². The summed E-state index contributed by atoms with van der Waals surface area (Å²) in [6.07, 6.45) is 6.30. The van der Waals surface area contributed by atoms with Crippen LogP contribution < -0.4 is 5.73 Å². The van der Waals surface area contributed by atoms with Gasteiger partial charge in [-0.15, -0.1) is 0 Å². The van der Waals surface area contributed by atoms with E-state index in [1.54, 1.807) is 0 Å². The minimum Gasteiger partial charge on any atom is -0.383 e. The average Bonchev–Trinajstić information content (AvgIpc) is 2.77. The summed E-state index contributed by atoms with van der Waals surface area (Å²) in [5.41, 5.74) is 6.75. The number of nitrogen functional groups attached to an aromatic ring is 1. The predicted molar refractivity (Wildman–Crippen MR) is 89.3 cm³/mol. The van der Waals surface area contributed by atoms with Crippen molar-refractivity contribution in [1.82, 2.24) is 18.8 Å². The highest BCUT2D eigenvalue weighted by atomic mass is 127. The minimum absolute atomic E-state index is 0.239. The maximum absolute atomic E-state index is 11.6. The fourth-order valence-corrected chi connectivity index (χ4v) is 4.48. The highest BCUT2D eigenvalue weighted by Gasteiger charge is 2.27. The first-order valence-corrected chi connectivity index (χ1v) is 9.52. The molecule has 2 aromatic rings. The number of piperidine rings is 1. The molecule has 0 spiro atoms.